The molecule has 0 saturated carbocycles. The summed E-state index contributed by atoms with van der Waals surface area (Å²) in [5.41, 5.74) is 1.85. The molecule has 7 heteroatoms. The van der Waals surface area contributed by atoms with Gasteiger partial charge in [-0.3, -0.25) is 9.59 Å². The van der Waals surface area contributed by atoms with Crippen LogP contribution in [0.4, 0.5) is 11.4 Å². The number of hydrogen-bond donors (Lipinski definition) is 0. The Balaban J connectivity index is 1.37. The molecule has 2 aromatic carbocycles. The molecular weight excluding hydrogens is 390 g/mol. The summed E-state index contributed by atoms with van der Waals surface area (Å²) in [6.45, 7) is 3.22. The van der Waals surface area contributed by atoms with Gasteiger partial charge in [0.25, 0.3) is 0 Å². The summed E-state index contributed by atoms with van der Waals surface area (Å²) in [4.78, 5) is 31.4. The summed E-state index contributed by atoms with van der Waals surface area (Å²) in [6.07, 6.45) is 0.255. The first kappa shape index (κ1) is 19.6. The lowest BCUT2D eigenvalue weighted by Crippen LogP contribution is -2.50. The minimum Gasteiger partial charge on any atom is -0.497 e. The quantitative estimate of drug-likeness (QED) is 0.773. The van der Waals surface area contributed by atoms with Crippen LogP contribution in [0.2, 0.25) is 5.02 Å². The predicted octanol–water partition coefficient (Wildman–Crippen LogP) is 3.05. The third kappa shape index (κ3) is 4.17. The van der Waals surface area contributed by atoms with E-state index in [4.69, 9.17) is 16.3 Å². The second-order valence-corrected chi connectivity index (χ2v) is 7.84. The molecule has 0 radical (unpaired) electrons. The zero-order valence-electron chi connectivity index (χ0n) is 16.4. The van der Waals surface area contributed by atoms with Gasteiger partial charge in [0.15, 0.2) is 0 Å². The maximum absolute atomic E-state index is 13.0. The van der Waals surface area contributed by atoms with Gasteiger partial charge in [-0.05, 0) is 30.3 Å². The predicted molar refractivity (Wildman–Crippen MR) is 114 cm³/mol. The molecule has 2 fully saturated rings. The van der Waals surface area contributed by atoms with Crippen LogP contribution in [-0.4, -0.2) is 56.5 Å². The molecule has 0 aliphatic carbocycles. The fourth-order valence-corrected chi connectivity index (χ4v) is 4.20. The van der Waals surface area contributed by atoms with E-state index in [1.807, 2.05) is 53.4 Å². The van der Waals surface area contributed by atoms with E-state index in [9.17, 15) is 9.59 Å². The van der Waals surface area contributed by atoms with E-state index >= 15 is 0 Å². The van der Waals surface area contributed by atoms with Gasteiger partial charge in [-0.25, -0.2) is 0 Å². The van der Waals surface area contributed by atoms with Crippen molar-refractivity contribution in [2.45, 2.75) is 6.42 Å². The maximum atomic E-state index is 13.0. The molecular formula is C22H24ClN3O3. The summed E-state index contributed by atoms with van der Waals surface area (Å²) < 4.78 is 5.25. The van der Waals surface area contributed by atoms with Crippen LogP contribution in [0.3, 0.4) is 0 Å². The summed E-state index contributed by atoms with van der Waals surface area (Å²) in [6, 6.07) is 15.2. The van der Waals surface area contributed by atoms with Crippen molar-refractivity contribution in [2.24, 2.45) is 5.92 Å². The molecule has 0 bridgehead atoms. The Labute approximate surface area is 175 Å². The van der Waals surface area contributed by atoms with Gasteiger partial charge in [0.2, 0.25) is 11.8 Å². The molecule has 0 spiro atoms. The van der Waals surface area contributed by atoms with Crippen molar-refractivity contribution in [1.82, 2.24) is 4.90 Å². The SMILES string of the molecule is COc1cccc(N2C[C@H](C(=O)N3CCN(c4cccc(Cl)c4)CC3)CC2=O)c1. The van der Waals surface area contributed by atoms with Crippen molar-refractivity contribution in [3.05, 3.63) is 53.6 Å². The Morgan fingerprint density at radius 3 is 2.48 bits per heavy atom. The Kier molecular flexibility index (Phi) is 5.62. The second kappa shape index (κ2) is 8.33. The maximum Gasteiger partial charge on any atom is 0.228 e. The van der Waals surface area contributed by atoms with Gasteiger partial charge in [-0.2, -0.15) is 0 Å². The van der Waals surface area contributed by atoms with E-state index < -0.39 is 0 Å². The smallest absolute Gasteiger partial charge is 0.228 e. The topological polar surface area (TPSA) is 53.1 Å². The Hall–Kier alpha value is -2.73. The molecule has 2 saturated heterocycles. The zero-order chi connectivity index (χ0) is 20.4. The second-order valence-electron chi connectivity index (χ2n) is 7.40. The Morgan fingerprint density at radius 2 is 1.76 bits per heavy atom. The molecule has 0 unspecified atom stereocenters. The highest BCUT2D eigenvalue weighted by molar-refractivity contribution is 6.30. The Bertz CT molecular complexity index is 912. The third-order valence-electron chi connectivity index (χ3n) is 5.60. The van der Waals surface area contributed by atoms with Gasteiger partial charge in [0, 0.05) is 61.6 Å². The lowest BCUT2D eigenvalue weighted by atomic mass is 10.1. The molecule has 0 aromatic heterocycles. The van der Waals surface area contributed by atoms with Crippen LogP contribution in [0.25, 0.3) is 0 Å². The molecule has 2 aliphatic rings. The number of benzene rings is 2. The molecule has 1 atom stereocenters. The standard InChI is InChI=1S/C22H24ClN3O3/c1-29-20-7-3-6-19(14-20)26-15-16(12-21(26)27)22(28)25-10-8-24(9-11-25)18-5-2-4-17(23)13-18/h2-7,13-14,16H,8-12,15H2,1H3/t16-/m1/s1. The van der Waals surface area contributed by atoms with Gasteiger partial charge >= 0.3 is 0 Å². The van der Waals surface area contributed by atoms with E-state index in [-0.39, 0.29) is 24.2 Å². The van der Waals surface area contributed by atoms with Crippen LogP contribution in [0, 0.1) is 5.92 Å². The number of amides is 2. The van der Waals surface area contributed by atoms with Crippen molar-refractivity contribution < 1.29 is 14.3 Å². The van der Waals surface area contributed by atoms with Crippen molar-refractivity contribution in [2.75, 3.05) is 49.6 Å². The lowest BCUT2D eigenvalue weighted by Gasteiger charge is -2.37. The number of methoxy groups -OCH3 is 1. The molecule has 4 rings (SSSR count). The van der Waals surface area contributed by atoms with E-state index in [0.717, 1.165) is 24.5 Å². The molecule has 29 heavy (non-hydrogen) atoms. The average Bonchev–Trinajstić information content (AvgIpc) is 3.15. The first-order valence-corrected chi connectivity index (χ1v) is 10.2. The number of nitrogens with zero attached hydrogens (tertiary/aromatic N) is 3. The van der Waals surface area contributed by atoms with E-state index in [1.54, 1.807) is 12.0 Å². The number of hydrogen-bond acceptors (Lipinski definition) is 4. The van der Waals surface area contributed by atoms with Crippen LogP contribution in [0.1, 0.15) is 6.42 Å². The third-order valence-corrected chi connectivity index (χ3v) is 5.84. The first-order valence-electron chi connectivity index (χ1n) is 9.79. The number of anilines is 2. The van der Waals surface area contributed by atoms with E-state index in [0.29, 0.717) is 30.4 Å². The van der Waals surface area contributed by atoms with Gasteiger partial charge in [-0.15, -0.1) is 0 Å². The van der Waals surface area contributed by atoms with Crippen LogP contribution >= 0.6 is 11.6 Å². The van der Waals surface area contributed by atoms with Crippen LogP contribution < -0.4 is 14.5 Å². The number of carbonyl (C=O) groups is 2. The first-order chi connectivity index (χ1) is 14.0. The van der Waals surface area contributed by atoms with Crippen molar-refractivity contribution in [1.29, 1.82) is 0 Å². The molecule has 2 heterocycles. The summed E-state index contributed by atoms with van der Waals surface area (Å²) in [5.74, 6) is 0.442. The summed E-state index contributed by atoms with van der Waals surface area (Å²) in [5, 5.41) is 0.711. The molecule has 152 valence electrons. The van der Waals surface area contributed by atoms with Gasteiger partial charge in [0.05, 0.1) is 13.0 Å². The number of ether oxygens (including phenoxy) is 1. The number of halogens is 1. The summed E-state index contributed by atoms with van der Waals surface area (Å²) >= 11 is 6.09. The minimum atomic E-state index is -0.300. The monoisotopic (exact) mass is 413 g/mol. The van der Waals surface area contributed by atoms with E-state index in [2.05, 4.69) is 4.90 Å². The van der Waals surface area contributed by atoms with Gasteiger partial charge in [0.1, 0.15) is 5.75 Å². The Morgan fingerprint density at radius 1 is 1.03 bits per heavy atom. The molecule has 0 N–H and O–H groups in total. The highest BCUT2D eigenvalue weighted by Crippen LogP contribution is 2.29. The van der Waals surface area contributed by atoms with Crippen LogP contribution in [0.15, 0.2) is 48.5 Å². The van der Waals surface area contributed by atoms with Crippen molar-refractivity contribution in [3.8, 4) is 5.75 Å². The largest absolute Gasteiger partial charge is 0.497 e. The number of piperazine rings is 1. The molecule has 2 aliphatic heterocycles. The van der Waals surface area contributed by atoms with Crippen LogP contribution in [-0.2, 0) is 9.59 Å². The minimum absolute atomic E-state index is 0.0193. The molecule has 6 nitrogen and oxygen atoms in total. The van der Waals surface area contributed by atoms with Gasteiger partial charge in [-0.1, -0.05) is 23.7 Å². The number of rotatable bonds is 4. The molecule has 2 amide bonds. The highest BCUT2D eigenvalue weighted by atomic mass is 35.5. The normalized spacial score (nSPS) is 19.6. The van der Waals surface area contributed by atoms with E-state index in [1.165, 1.54) is 0 Å². The summed E-state index contributed by atoms with van der Waals surface area (Å²) in [7, 11) is 1.60. The highest BCUT2D eigenvalue weighted by Gasteiger charge is 2.38. The average molecular weight is 414 g/mol. The lowest BCUT2D eigenvalue weighted by molar-refractivity contribution is -0.136. The molecule has 2 aromatic rings. The fourth-order valence-electron chi connectivity index (χ4n) is 4.02. The van der Waals surface area contributed by atoms with Gasteiger partial charge < -0.3 is 19.4 Å². The van der Waals surface area contributed by atoms with Crippen LogP contribution in [0.5, 0.6) is 5.75 Å². The van der Waals surface area contributed by atoms with Crippen molar-refractivity contribution >= 4 is 34.8 Å². The number of carbonyl (C=O) groups excluding carboxylic acids is 2. The van der Waals surface area contributed by atoms with Crippen molar-refractivity contribution in [3.63, 3.8) is 0 Å². The zero-order valence-corrected chi connectivity index (χ0v) is 17.1. The fraction of sp³-hybridized carbons (Fsp3) is 0.364.